The van der Waals surface area contributed by atoms with E-state index < -0.39 is 17.4 Å². The van der Waals surface area contributed by atoms with E-state index >= 15 is 0 Å². The summed E-state index contributed by atoms with van der Waals surface area (Å²) >= 11 is 0. The monoisotopic (exact) mass is 270 g/mol. The van der Waals surface area contributed by atoms with Gasteiger partial charge in [-0.1, -0.05) is 12.8 Å². The van der Waals surface area contributed by atoms with Crippen LogP contribution in [0, 0.1) is 5.41 Å². The Morgan fingerprint density at radius 3 is 2.68 bits per heavy atom. The fourth-order valence-electron chi connectivity index (χ4n) is 2.85. The van der Waals surface area contributed by atoms with Crippen molar-refractivity contribution in [1.82, 2.24) is 4.90 Å². The number of carbonyl (C=O) groups is 2. The first-order valence-electron chi connectivity index (χ1n) is 6.84. The van der Waals surface area contributed by atoms with Gasteiger partial charge in [0.2, 0.25) is 5.91 Å². The molecule has 0 aromatic carbocycles. The van der Waals surface area contributed by atoms with Gasteiger partial charge in [-0.3, -0.25) is 4.79 Å². The zero-order valence-electron chi connectivity index (χ0n) is 11.3. The lowest BCUT2D eigenvalue weighted by Gasteiger charge is -2.35. The van der Waals surface area contributed by atoms with Gasteiger partial charge in [-0.2, -0.15) is 0 Å². The van der Waals surface area contributed by atoms with Crippen molar-refractivity contribution in [1.29, 1.82) is 0 Å². The molecule has 0 bridgehead atoms. The maximum Gasteiger partial charge on any atom is 0.326 e. The number of aliphatic carboxylic acids is 1. The summed E-state index contributed by atoms with van der Waals surface area (Å²) in [7, 11) is 0. The van der Waals surface area contributed by atoms with Crippen LogP contribution in [0.1, 0.15) is 32.6 Å². The van der Waals surface area contributed by atoms with Crippen molar-refractivity contribution in [2.75, 3.05) is 19.8 Å². The van der Waals surface area contributed by atoms with E-state index in [2.05, 4.69) is 0 Å². The predicted molar refractivity (Wildman–Crippen MR) is 68.5 cm³/mol. The number of carboxylic acids is 1. The highest BCUT2D eigenvalue weighted by molar-refractivity contribution is 5.88. The van der Waals surface area contributed by atoms with E-state index in [1.165, 1.54) is 4.90 Å². The standard InChI is InChI=1S/C13H22N2O4/c1-13(8-19-7-10(13)14)12(18)15-6-4-2-3-5-9(15)11(16)17/h9-10H,2-8,14H2,1H3,(H,16,17). The van der Waals surface area contributed by atoms with E-state index in [9.17, 15) is 14.7 Å². The zero-order chi connectivity index (χ0) is 14.0. The number of carboxylic acid groups (broad SMARTS) is 1. The molecule has 108 valence electrons. The molecule has 19 heavy (non-hydrogen) atoms. The summed E-state index contributed by atoms with van der Waals surface area (Å²) in [5.74, 6) is -1.10. The molecule has 3 atom stereocenters. The molecule has 0 aliphatic carbocycles. The van der Waals surface area contributed by atoms with Gasteiger partial charge in [0.1, 0.15) is 6.04 Å². The fourth-order valence-corrected chi connectivity index (χ4v) is 2.85. The fraction of sp³-hybridized carbons (Fsp3) is 0.846. The Hall–Kier alpha value is -1.14. The maximum absolute atomic E-state index is 12.7. The van der Waals surface area contributed by atoms with Crippen molar-refractivity contribution in [3.05, 3.63) is 0 Å². The smallest absolute Gasteiger partial charge is 0.326 e. The summed E-state index contributed by atoms with van der Waals surface area (Å²) in [5, 5.41) is 9.32. The van der Waals surface area contributed by atoms with Gasteiger partial charge in [0.15, 0.2) is 0 Å². The molecular formula is C13H22N2O4. The number of nitrogens with zero attached hydrogens (tertiary/aromatic N) is 1. The maximum atomic E-state index is 12.7. The van der Waals surface area contributed by atoms with Gasteiger partial charge in [-0.15, -0.1) is 0 Å². The molecule has 6 nitrogen and oxygen atoms in total. The number of likely N-dealkylation sites (tertiary alicyclic amines) is 1. The van der Waals surface area contributed by atoms with Crippen LogP contribution in [0.4, 0.5) is 0 Å². The molecule has 0 spiro atoms. The highest BCUT2D eigenvalue weighted by Crippen LogP contribution is 2.32. The predicted octanol–water partition coefficient (Wildman–Crippen LogP) is 0.206. The molecule has 3 unspecified atom stereocenters. The Bertz CT molecular complexity index is 374. The van der Waals surface area contributed by atoms with Crippen molar-refractivity contribution in [2.45, 2.75) is 44.7 Å². The van der Waals surface area contributed by atoms with Gasteiger partial charge < -0.3 is 20.5 Å². The lowest BCUT2D eigenvalue weighted by molar-refractivity contribution is -0.155. The molecule has 6 heteroatoms. The Morgan fingerprint density at radius 1 is 1.37 bits per heavy atom. The average Bonchev–Trinajstić information content (AvgIpc) is 2.60. The molecule has 0 saturated carbocycles. The molecule has 2 aliphatic heterocycles. The van der Waals surface area contributed by atoms with Crippen LogP contribution in [0.15, 0.2) is 0 Å². The Balaban J connectivity index is 2.21. The van der Waals surface area contributed by atoms with Crippen LogP contribution in [0.3, 0.4) is 0 Å². The van der Waals surface area contributed by atoms with Crippen LogP contribution in [0.2, 0.25) is 0 Å². The van der Waals surface area contributed by atoms with Crippen LogP contribution in [0.5, 0.6) is 0 Å². The average molecular weight is 270 g/mol. The number of ether oxygens (including phenoxy) is 1. The van der Waals surface area contributed by atoms with E-state index in [1.54, 1.807) is 6.92 Å². The van der Waals surface area contributed by atoms with E-state index in [0.29, 0.717) is 19.6 Å². The summed E-state index contributed by atoms with van der Waals surface area (Å²) in [4.78, 5) is 25.6. The number of hydrogen-bond donors (Lipinski definition) is 2. The van der Waals surface area contributed by atoms with Crippen molar-refractivity contribution in [3.63, 3.8) is 0 Å². The molecule has 2 aliphatic rings. The summed E-state index contributed by atoms with van der Waals surface area (Å²) in [6.07, 6.45) is 3.18. The lowest BCUT2D eigenvalue weighted by atomic mass is 9.83. The number of nitrogens with two attached hydrogens (primary N) is 1. The number of carbonyl (C=O) groups excluding carboxylic acids is 1. The minimum absolute atomic E-state index is 0.174. The molecule has 0 radical (unpaired) electrons. The summed E-state index contributed by atoms with van der Waals surface area (Å²) in [6.45, 7) is 2.90. The molecule has 0 aromatic rings. The topological polar surface area (TPSA) is 92.9 Å². The molecule has 3 N–H and O–H groups in total. The number of rotatable bonds is 2. The van der Waals surface area contributed by atoms with Crippen LogP contribution >= 0.6 is 0 Å². The highest BCUT2D eigenvalue weighted by atomic mass is 16.5. The van der Waals surface area contributed by atoms with Gasteiger partial charge >= 0.3 is 5.97 Å². The molecule has 1 amide bonds. The number of hydrogen-bond acceptors (Lipinski definition) is 4. The SMILES string of the molecule is CC1(C(=O)N2CCCCCC2C(=O)O)COCC1N. The molecule has 0 aromatic heterocycles. The lowest BCUT2D eigenvalue weighted by Crippen LogP contribution is -2.55. The molecular weight excluding hydrogens is 248 g/mol. The second-order valence-corrected chi connectivity index (χ2v) is 5.74. The number of amides is 1. The van der Waals surface area contributed by atoms with Crippen LogP contribution in [-0.2, 0) is 14.3 Å². The summed E-state index contributed by atoms with van der Waals surface area (Å²) in [6, 6.07) is -1.09. The highest BCUT2D eigenvalue weighted by Gasteiger charge is 2.48. The third-order valence-electron chi connectivity index (χ3n) is 4.30. The van der Waals surface area contributed by atoms with Crippen LogP contribution in [0.25, 0.3) is 0 Å². The van der Waals surface area contributed by atoms with Crippen molar-refractivity contribution in [2.24, 2.45) is 11.1 Å². The molecule has 2 fully saturated rings. The first-order valence-corrected chi connectivity index (χ1v) is 6.84. The minimum Gasteiger partial charge on any atom is -0.480 e. The van der Waals surface area contributed by atoms with Crippen LogP contribution < -0.4 is 5.73 Å². The second kappa shape index (κ2) is 5.46. The third kappa shape index (κ3) is 2.60. The van der Waals surface area contributed by atoms with E-state index in [-0.39, 0.29) is 18.6 Å². The summed E-state index contributed by atoms with van der Waals surface area (Å²) in [5.41, 5.74) is 5.17. The Kier molecular flexibility index (Phi) is 4.10. The quantitative estimate of drug-likeness (QED) is 0.748. The molecule has 2 saturated heterocycles. The van der Waals surface area contributed by atoms with Crippen molar-refractivity contribution < 1.29 is 19.4 Å². The van der Waals surface area contributed by atoms with Gasteiger partial charge in [0.25, 0.3) is 0 Å². The Morgan fingerprint density at radius 2 is 2.11 bits per heavy atom. The van der Waals surface area contributed by atoms with Gasteiger partial charge in [-0.05, 0) is 19.8 Å². The molecule has 2 rings (SSSR count). The van der Waals surface area contributed by atoms with E-state index in [4.69, 9.17) is 10.5 Å². The normalized spacial score (nSPS) is 36.0. The zero-order valence-corrected chi connectivity index (χ0v) is 11.3. The largest absolute Gasteiger partial charge is 0.480 e. The van der Waals surface area contributed by atoms with E-state index in [0.717, 1.165) is 19.3 Å². The molecule has 2 heterocycles. The first-order chi connectivity index (χ1) is 8.97. The second-order valence-electron chi connectivity index (χ2n) is 5.74. The van der Waals surface area contributed by atoms with E-state index in [1.807, 2.05) is 0 Å². The van der Waals surface area contributed by atoms with Gasteiger partial charge in [0, 0.05) is 12.6 Å². The Labute approximate surface area is 112 Å². The van der Waals surface area contributed by atoms with Crippen LogP contribution in [-0.4, -0.2) is 53.7 Å². The minimum atomic E-state index is -0.925. The van der Waals surface area contributed by atoms with Gasteiger partial charge in [0.05, 0.1) is 18.6 Å². The first kappa shape index (κ1) is 14.3. The third-order valence-corrected chi connectivity index (χ3v) is 4.30. The van der Waals surface area contributed by atoms with Gasteiger partial charge in [-0.25, -0.2) is 4.79 Å². The van der Waals surface area contributed by atoms with Crippen molar-refractivity contribution >= 4 is 11.9 Å². The summed E-state index contributed by atoms with van der Waals surface area (Å²) < 4.78 is 5.29. The van der Waals surface area contributed by atoms with Crippen molar-refractivity contribution in [3.8, 4) is 0 Å².